The van der Waals surface area contributed by atoms with Crippen molar-refractivity contribution in [2.75, 3.05) is 32.7 Å². The average molecular weight is 238 g/mol. The van der Waals surface area contributed by atoms with Gasteiger partial charge < -0.3 is 10.2 Å². The minimum Gasteiger partial charge on any atom is -0.316 e. The summed E-state index contributed by atoms with van der Waals surface area (Å²) in [5.74, 6) is 1.68. The van der Waals surface area contributed by atoms with Crippen LogP contribution in [0.4, 0.5) is 0 Å². The maximum absolute atomic E-state index is 3.53. The fourth-order valence-corrected chi connectivity index (χ4v) is 3.59. The summed E-state index contributed by atoms with van der Waals surface area (Å²) in [5, 5.41) is 3.53. The second-order valence-corrected chi connectivity index (χ2v) is 7.42. The molecular weight excluding hydrogens is 208 g/mol. The Hall–Kier alpha value is -0.0800. The first-order valence-corrected chi connectivity index (χ1v) is 7.29. The van der Waals surface area contributed by atoms with Crippen LogP contribution >= 0.6 is 0 Å². The molecule has 0 aromatic carbocycles. The third kappa shape index (κ3) is 2.53. The van der Waals surface area contributed by atoms with Crippen LogP contribution in [0.2, 0.25) is 0 Å². The van der Waals surface area contributed by atoms with E-state index in [0.29, 0.717) is 10.8 Å². The largest absolute Gasteiger partial charge is 0.316 e. The monoisotopic (exact) mass is 238 g/mol. The Balaban J connectivity index is 1.90. The molecule has 0 amide bonds. The molecule has 2 heteroatoms. The summed E-state index contributed by atoms with van der Waals surface area (Å²) in [5.41, 5.74) is 1.08. The molecule has 1 saturated carbocycles. The molecule has 1 unspecified atom stereocenters. The second-order valence-electron chi connectivity index (χ2n) is 7.42. The van der Waals surface area contributed by atoms with E-state index >= 15 is 0 Å². The van der Waals surface area contributed by atoms with Gasteiger partial charge in [0.25, 0.3) is 0 Å². The van der Waals surface area contributed by atoms with Gasteiger partial charge in [0.05, 0.1) is 0 Å². The first kappa shape index (κ1) is 13.4. The number of rotatable bonds is 2. The summed E-state index contributed by atoms with van der Waals surface area (Å²) in [6.45, 7) is 18.4. The van der Waals surface area contributed by atoms with Crippen LogP contribution in [0.3, 0.4) is 0 Å². The summed E-state index contributed by atoms with van der Waals surface area (Å²) in [4.78, 5) is 2.71. The maximum atomic E-state index is 3.53. The normalized spacial score (nSPS) is 34.1. The number of nitrogens with zero attached hydrogens (tertiary/aromatic N) is 1. The average Bonchev–Trinajstić information content (AvgIpc) is 2.56. The fraction of sp³-hybridized carbons (Fsp3) is 1.00. The van der Waals surface area contributed by atoms with E-state index in [9.17, 15) is 0 Å². The number of hydrogen-bond donors (Lipinski definition) is 1. The van der Waals surface area contributed by atoms with Gasteiger partial charge in [-0.3, -0.25) is 0 Å². The highest BCUT2D eigenvalue weighted by molar-refractivity contribution is 5.13. The summed E-state index contributed by atoms with van der Waals surface area (Å²) in [7, 11) is 0. The molecule has 1 N–H and O–H groups in total. The lowest BCUT2D eigenvalue weighted by atomic mass is 10.0. The summed E-state index contributed by atoms with van der Waals surface area (Å²) < 4.78 is 0. The van der Waals surface area contributed by atoms with Crippen LogP contribution in [0.15, 0.2) is 0 Å². The zero-order chi connectivity index (χ0) is 12.7. The van der Waals surface area contributed by atoms with Gasteiger partial charge in [0, 0.05) is 13.1 Å². The Bertz CT molecular complexity index is 256. The molecule has 0 spiro atoms. The summed E-state index contributed by atoms with van der Waals surface area (Å²) >= 11 is 0. The van der Waals surface area contributed by atoms with Gasteiger partial charge in [-0.25, -0.2) is 0 Å². The van der Waals surface area contributed by atoms with E-state index in [1.54, 1.807) is 0 Å². The predicted molar refractivity (Wildman–Crippen MR) is 74.1 cm³/mol. The molecule has 1 aliphatic carbocycles. The van der Waals surface area contributed by atoms with E-state index in [1.807, 2.05) is 0 Å². The maximum Gasteiger partial charge on any atom is 0.00204 e. The minimum absolute atomic E-state index is 0.539. The Morgan fingerprint density at radius 2 is 1.82 bits per heavy atom. The van der Waals surface area contributed by atoms with Crippen LogP contribution in [0.1, 0.15) is 41.0 Å². The quantitative estimate of drug-likeness (QED) is 0.795. The SMILES string of the molecule is CC1CNCCCN(CC2C(C)(C)C2(C)C)C1. The lowest BCUT2D eigenvalue weighted by molar-refractivity contribution is 0.197. The highest BCUT2D eigenvalue weighted by Crippen LogP contribution is 2.68. The van der Waals surface area contributed by atoms with Crippen LogP contribution in [0, 0.1) is 22.7 Å². The lowest BCUT2D eigenvalue weighted by Crippen LogP contribution is -2.40. The molecule has 0 radical (unpaired) electrons. The van der Waals surface area contributed by atoms with Crippen molar-refractivity contribution in [3.05, 3.63) is 0 Å². The Morgan fingerprint density at radius 1 is 1.18 bits per heavy atom. The molecule has 100 valence electrons. The lowest BCUT2D eigenvalue weighted by Gasteiger charge is -2.29. The molecule has 1 saturated heterocycles. The molecule has 1 atom stereocenters. The third-order valence-electron chi connectivity index (χ3n) is 5.65. The van der Waals surface area contributed by atoms with Crippen LogP contribution in [-0.4, -0.2) is 37.6 Å². The van der Waals surface area contributed by atoms with Gasteiger partial charge in [-0.15, -0.1) is 0 Å². The van der Waals surface area contributed by atoms with Crippen LogP contribution in [-0.2, 0) is 0 Å². The van der Waals surface area contributed by atoms with E-state index < -0.39 is 0 Å². The van der Waals surface area contributed by atoms with Gasteiger partial charge in [0.15, 0.2) is 0 Å². The molecule has 2 nitrogen and oxygen atoms in total. The molecule has 2 rings (SSSR count). The zero-order valence-corrected chi connectivity index (χ0v) is 12.3. The van der Waals surface area contributed by atoms with E-state index in [1.165, 1.54) is 39.1 Å². The van der Waals surface area contributed by atoms with Gasteiger partial charge in [-0.05, 0) is 48.7 Å². The fourth-order valence-electron chi connectivity index (χ4n) is 3.59. The molecule has 0 aromatic rings. The van der Waals surface area contributed by atoms with Crippen molar-refractivity contribution < 1.29 is 0 Å². The topological polar surface area (TPSA) is 15.3 Å². The molecule has 2 fully saturated rings. The van der Waals surface area contributed by atoms with Crippen molar-refractivity contribution in [1.82, 2.24) is 10.2 Å². The second kappa shape index (κ2) is 4.55. The third-order valence-corrected chi connectivity index (χ3v) is 5.65. The van der Waals surface area contributed by atoms with Gasteiger partial charge in [-0.1, -0.05) is 34.6 Å². The highest BCUT2D eigenvalue weighted by Gasteiger charge is 2.64. The van der Waals surface area contributed by atoms with Gasteiger partial charge in [-0.2, -0.15) is 0 Å². The molecule has 2 aliphatic rings. The zero-order valence-electron chi connectivity index (χ0n) is 12.3. The smallest absolute Gasteiger partial charge is 0.00204 e. The van der Waals surface area contributed by atoms with Crippen molar-refractivity contribution in [3.63, 3.8) is 0 Å². The van der Waals surface area contributed by atoms with Crippen molar-refractivity contribution in [3.8, 4) is 0 Å². The molecule has 0 aromatic heterocycles. The summed E-state index contributed by atoms with van der Waals surface area (Å²) in [6, 6.07) is 0. The molecule has 0 bridgehead atoms. The summed E-state index contributed by atoms with van der Waals surface area (Å²) in [6.07, 6.45) is 1.31. The van der Waals surface area contributed by atoms with Crippen molar-refractivity contribution in [2.24, 2.45) is 22.7 Å². The Labute approximate surface area is 107 Å². The minimum atomic E-state index is 0.539. The van der Waals surface area contributed by atoms with E-state index in [4.69, 9.17) is 0 Å². The molecule has 1 aliphatic heterocycles. The van der Waals surface area contributed by atoms with E-state index in [-0.39, 0.29) is 0 Å². The van der Waals surface area contributed by atoms with Crippen LogP contribution in [0.25, 0.3) is 0 Å². The van der Waals surface area contributed by atoms with Gasteiger partial charge >= 0.3 is 0 Å². The van der Waals surface area contributed by atoms with Crippen LogP contribution < -0.4 is 5.32 Å². The van der Waals surface area contributed by atoms with E-state index in [0.717, 1.165) is 11.8 Å². The molecule has 1 heterocycles. The number of nitrogens with one attached hydrogen (secondary N) is 1. The number of hydrogen-bond acceptors (Lipinski definition) is 2. The van der Waals surface area contributed by atoms with Gasteiger partial charge in [0.2, 0.25) is 0 Å². The van der Waals surface area contributed by atoms with Crippen LogP contribution in [0.5, 0.6) is 0 Å². The molecular formula is C15H30N2. The van der Waals surface area contributed by atoms with Crippen molar-refractivity contribution >= 4 is 0 Å². The van der Waals surface area contributed by atoms with Gasteiger partial charge in [0.1, 0.15) is 0 Å². The highest BCUT2D eigenvalue weighted by atomic mass is 15.1. The standard InChI is InChI=1S/C15H30N2/c1-12-9-16-7-6-8-17(10-12)11-13-14(2,3)15(13,4)5/h12-13,16H,6-11H2,1-5H3. The Kier molecular flexibility index (Phi) is 3.57. The predicted octanol–water partition coefficient (Wildman–Crippen LogP) is 2.60. The Morgan fingerprint density at radius 3 is 2.41 bits per heavy atom. The first-order chi connectivity index (χ1) is 7.85. The van der Waals surface area contributed by atoms with E-state index in [2.05, 4.69) is 44.8 Å². The van der Waals surface area contributed by atoms with Crippen molar-refractivity contribution in [1.29, 1.82) is 0 Å². The van der Waals surface area contributed by atoms with Crippen molar-refractivity contribution in [2.45, 2.75) is 41.0 Å². The molecule has 17 heavy (non-hydrogen) atoms. The first-order valence-electron chi connectivity index (χ1n) is 7.29.